The molecule has 0 aliphatic heterocycles. The molecule has 3 aromatic rings. The van der Waals surface area contributed by atoms with Crippen LogP contribution in [0.4, 0.5) is 8.78 Å². The van der Waals surface area contributed by atoms with Crippen LogP contribution in [0.5, 0.6) is 5.75 Å². The molecule has 3 rings (SSSR count). The summed E-state index contributed by atoms with van der Waals surface area (Å²) in [5.74, 6) is -1.87. The van der Waals surface area contributed by atoms with Gasteiger partial charge >= 0.3 is 5.97 Å². The second kappa shape index (κ2) is 7.21. The Bertz CT molecular complexity index is 931. The lowest BCUT2D eigenvalue weighted by atomic mass is 10.2. The Kier molecular flexibility index (Phi) is 4.83. The first-order valence-electron chi connectivity index (χ1n) is 7.56. The highest BCUT2D eigenvalue weighted by Gasteiger charge is 2.10. The minimum absolute atomic E-state index is 0.0608. The van der Waals surface area contributed by atoms with Crippen molar-refractivity contribution in [3.05, 3.63) is 65.5 Å². The van der Waals surface area contributed by atoms with Crippen LogP contribution in [-0.4, -0.2) is 22.5 Å². The average molecular weight is 344 g/mol. The van der Waals surface area contributed by atoms with Crippen LogP contribution in [0, 0.1) is 11.6 Å². The number of nitrogens with zero attached hydrogens (tertiary/aromatic N) is 2. The number of hydrogen-bond acceptors (Lipinski definition) is 5. The maximum atomic E-state index is 13.2. The first-order chi connectivity index (χ1) is 12.1. The third-order valence-electron chi connectivity index (χ3n) is 3.41. The zero-order chi connectivity index (χ0) is 17.8. The Morgan fingerprint density at radius 2 is 1.80 bits per heavy atom. The molecule has 0 amide bonds. The number of ether oxygens (including phenoxy) is 2. The Labute approximate surface area is 142 Å². The topological polar surface area (TPSA) is 61.3 Å². The molecule has 7 heteroatoms. The SMILES string of the molecule is CCOC(=O)c1cnc2cc(OCc3ccc(F)c(F)c3)cnc2c1. The Morgan fingerprint density at radius 3 is 2.56 bits per heavy atom. The van der Waals surface area contributed by atoms with Gasteiger partial charge in [-0.25, -0.2) is 13.6 Å². The van der Waals surface area contributed by atoms with E-state index in [0.29, 0.717) is 27.9 Å². The number of pyridine rings is 2. The summed E-state index contributed by atoms with van der Waals surface area (Å²) >= 11 is 0. The van der Waals surface area contributed by atoms with Crippen LogP contribution < -0.4 is 4.74 Å². The molecule has 0 atom stereocenters. The van der Waals surface area contributed by atoms with Gasteiger partial charge < -0.3 is 9.47 Å². The summed E-state index contributed by atoms with van der Waals surface area (Å²) in [6.45, 7) is 2.06. The average Bonchev–Trinajstić information content (AvgIpc) is 2.62. The van der Waals surface area contributed by atoms with Crippen molar-refractivity contribution in [1.29, 1.82) is 0 Å². The van der Waals surface area contributed by atoms with E-state index in [1.807, 2.05) is 0 Å². The lowest BCUT2D eigenvalue weighted by Crippen LogP contribution is -2.05. The third kappa shape index (κ3) is 3.88. The van der Waals surface area contributed by atoms with E-state index in [4.69, 9.17) is 9.47 Å². The quantitative estimate of drug-likeness (QED) is 0.661. The fraction of sp³-hybridized carbons (Fsp3) is 0.167. The van der Waals surface area contributed by atoms with E-state index < -0.39 is 17.6 Å². The number of carbonyl (C=O) groups is 1. The van der Waals surface area contributed by atoms with Crippen LogP contribution in [0.2, 0.25) is 0 Å². The fourth-order valence-electron chi connectivity index (χ4n) is 2.18. The summed E-state index contributed by atoms with van der Waals surface area (Å²) in [5, 5.41) is 0. The molecule has 5 nitrogen and oxygen atoms in total. The number of benzene rings is 1. The number of aromatic nitrogens is 2. The minimum atomic E-state index is -0.925. The van der Waals surface area contributed by atoms with Crippen molar-refractivity contribution in [2.24, 2.45) is 0 Å². The van der Waals surface area contributed by atoms with Crippen molar-refractivity contribution in [2.45, 2.75) is 13.5 Å². The van der Waals surface area contributed by atoms with Crippen molar-refractivity contribution in [1.82, 2.24) is 9.97 Å². The molecule has 0 spiro atoms. The van der Waals surface area contributed by atoms with E-state index in [9.17, 15) is 13.6 Å². The Morgan fingerprint density at radius 1 is 1.04 bits per heavy atom. The minimum Gasteiger partial charge on any atom is -0.487 e. The smallest absolute Gasteiger partial charge is 0.339 e. The number of halogens is 2. The molecule has 128 valence electrons. The highest BCUT2D eigenvalue weighted by molar-refractivity contribution is 5.92. The Balaban J connectivity index is 1.75. The first-order valence-corrected chi connectivity index (χ1v) is 7.56. The van der Waals surface area contributed by atoms with Crippen molar-refractivity contribution in [3.63, 3.8) is 0 Å². The second-order valence-corrected chi connectivity index (χ2v) is 5.19. The summed E-state index contributed by atoms with van der Waals surface area (Å²) in [7, 11) is 0. The molecule has 0 saturated heterocycles. The summed E-state index contributed by atoms with van der Waals surface area (Å²) in [4.78, 5) is 20.1. The van der Waals surface area contributed by atoms with Crippen LogP contribution in [0.1, 0.15) is 22.8 Å². The number of rotatable bonds is 5. The molecule has 0 unspecified atom stereocenters. The van der Waals surface area contributed by atoms with Gasteiger partial charge in [0.2, 0.25) is 0 Å². The van der Waals surface area contributed by atoms with Gasteiger partial charge in [0.05, 0.1) is 29.4 Å². The molecular weight excluding hydrogens is 330 g/mol. The zero-order valence-electron chi connectivity index (χ0n) is 13.3. The predicted octanol–water partition coefficient (Wildman–Crippen LogP) is 3.66. The highest BCUT2D eigenvalue weighted by atomic mass is 19.2. The van der Waals surface area contributed by atoms with Gasteiger partial charge in [0.1, 0.15) is 12.4 Å². The Hall–Kier alpha value is -3.09. The van der Waals surface area contributed by atoms with Gasteiger partial charge in [-0.3, -0.25) is 9.97 Å². The molecule has 25 heavy (non-hydrogen) atoms. The fourth-order valence-corrected chi connectivity index (χ4v) is 2.18. The molecule has 0 aliphatic carbocycles. The van der Waals surface area contributed by atoms with Gasteiger partial charge in [-0.15, -0.1) is 0 Å². The van der Waals surface area contributed by atoms with Gasteiger partial charge in [0.25, 0.3) is 0 Å². The normalized spacial score (nSPS) is 10.7. The van der Waals surface area contributed by atoms with E-state index in [2.05, 4.69) is 9.97 Å². The van der Waals surface area contributed by atoms with Crippen LogP contribution >= 0.6 is 0 Å². The van der Waals surface area contributed by atoms with Gasteiger partial charge in [-0.05, 0) is 30.7 Å². The van der Waals surface area contributed by atoms with Crippen molar-refractivity contribution >= 4 is 17.0 Å². The van der Waals surface area contributed by atoms with Crippen molar-refractivity contribution in [2.75, 3.05) is 6.61 Å². The van der Waals surface area contributed by atoms with Crippen LogP contribution in [0.25, 0.3) is 11.0 Å². The number of carbonyl (C=O) groups excluding carboxylic acids is 1. The van der Waals surface area contributed by atoms with E-state index >= 15 is 0 Å². The molecule has 0 radical (unpaired) electrons. The lowest BCUT2D eigenvalue weighted by molar-refractivity contribution is 0.0526. The molecule has 0 N–H and O–H groups in total. The largest absolute Gasteiger partial charge is 0.487 e. The lowest BCUT2D eigenvalue weighted by Gasteiger charge is -2.08. The third-order valence-corrected chi connectivity index (χ3v) is 3.41. The molecule has 0 saturated carbocycles. The van der Waals surface area contributed by atoms with Crippen LogP contribution in [0.3, 0.4) is 0 Å². The molecule has 2 aromatic heterocycles. The molecule has 0 fully saturated rings. The summed E-state index contributed by atoms with van der Waals surface area (Å²) in [6, 6.07) is 6.80. The van der Waals surface area contributed by atoms with Gasteiger partial charge in [0, 0.05) is 12.3 Å². The monoisotopic (exact) mass is 344 g/mol. The number of esters is 1. The van der Waals surface area contributed by atoms with E-state index in [1.54, 1.807) is 19.1 Å². The molecule has 1 aromatic carbocycles. The zero-order valence-corrected chi connectivity index (χ0v) is 13.3. The summed E-state index contributed by atoms with van der Waals surface area (Å²) in [5.41, 5.74) is 1.86. The van der Waals surface area contributed by atoms with Crippen LogP contribution in [0.15, 0.2) is 42.7 Å². The maximum absolute atomic E-state index is 13.2. The van der Waals surface area contributed by atoms with Crippen molar-refractivity contribution < 1.29 is 23.0 Å². The van der Waals surface area contributed by atoms with E-state index in [0.717, 1.165) is 12.1 Å². The van der Waals surface area contributed by atoms with E-state index in [1.165, 1.54) is 18.5 Å². The molecule has 0 aliphatic rings. The maximum Gasteiger partial charge on any atom is 0.339 e. The second-order valence-electron chi connectivity index (χ2n) is 5.19. The number of fused-ring (bicyclic) bond motifs is 1. The van der Waals surface area contributed by atoms with E-state index in [-0.39, 0.29) is 13.2 Å². The summed E-state index contributed by atoms with van der Waals surface area (Å²) in [6.07, 6.45) is 2.87. The van der Waals surface area contributed by atoms with Crippen molar-refractivity contribution in [3.8, 4) is 5.75 Å². The van der Waals surface area contributed by atoms with Gasteiger partial charge in [-0.2, -0.15) is 0 Å². The molecule has 2 heterocycles. The standard InChI is InChI=1S/C18H14F2N2O3/c1-2-24-18(23)12-6-16-17(21-8-12)7-13(9-22-16)25-10-11-3-4-14(19)15(20)5-11/h3-9H,2,10H2,1H3. The van der Waals surface area contributed by atoms with Gasteiger partial charge in [-0.1, -0.05) is 6.07 Å². The summed E-state index contributed by atoms with van der Waals surface area (Å²) < 4.78 is 36.5. The number of hydrogen-bond donors (Lipinski definition) is 0. The van der Waals surface area contributed by atoms with Crippen LogP contribution in [-0.2, 0) is 11.3 Å². The first kappa shape index (κ1) is 16.8. The molecule has 0 bridgehead atoms. The van der Waals surface area contributed by atoms with Gasteiger partial charge in [0.15, 0.2) is 11.6 Å². The molecular formula is C18H14F2N2O3. The highest BCUT2D eigenvalue weighted by Crippen LogP contribution is 2.19. The predicted molar refractivity (Wildman–Crippen MR) is 86.2 cm³/mol.